The number of unbranched alkanes of at least 4 members (excludes halogenated alkanes) is 7. The van der Waals surface area contributed by atoms with Gasteiger partial charge in [0.05, 0.1) is 6.42 Å². The second-order valence-electron chi connectivity index (χ2n) is 11.0. The highest BCUT2D eigenvalue weighted by Gasteiger charge is 2.28. The van der Waals surface area contributed by atoms with Crippen LogP contribution in [0.4, 0.5) is 0 Å². The van der Waals surface area contributed by atoms with E-state index in [2.05, 4.69) is 60.6 Å². The molecule has 0 spiro atoms. The first kappa shape index (κ1) is 26.5. The third-order valence-electron chi connectivity index (χ3n) is 6.05. The lowest BCUT2D eigenvalue weighted by atomic mass is 9.76. The Bertz CT molecular complexity index is 627. The van der Waals surface area contributed by atoms with E-state index < -0.39 is 5.97 Å². The molecule has 0 saturated carbocycles. The molecule has 1 rings (SSSR count). The predicted octanol–water partition coefficient (Wildman–Crippen LogP) is 8.08. The van der Waals surface area contributed by atoms with Gasteiger partial charge in [0.25, 0.3) is 0 Å². The Kier molecular flexibility index (Phi) is 10.4. The third kappa shape index (κ3) is 8.70. The maximum Gasteiger partial charge on any atom is 0.303 e. The van der Waals surface area contributed by atoms with Crippen molar-refractivity contribution in [3.05, 3.63) is 28.8 Å². The molecule has 0 aliphatic rings. The lowest BCUT2D eigenvalue weighted by Gasteiger charge is -2.30. The number of benzene rings is 1. The summed E-state index contributed by atoms with van der Waals surface area (Å²) in [6.07, 6.45) is 11.0. The second kappa shape index (κ2) is 11.8. The number of carboxylic acids is 1. The van der Waals surface area contributed by atoms with E-state index >= 15 is 0 Å². The molecule has 30 heavy (non-hydrogen) atoms. The van der Waals surface area contributed by atoms with Crippen LogP contribution >= 0.6 is 0 Å². The average Bonchev–Trinajstić information content (AvgIpc) is 2.61. The van der Waals surface area contributed by atoms with Crippen molar-refractivity contribution >= 4 is 5.97 Å². The predicted molar refractivity (Wildman–Crippen MR) is 128 cm³/mol. The van der Waals surface area contributed by atoms with Crippen LogP contribution in [0.15, 0.2) is 12.1 Å². The summed E-state index contributed by atoms with van der Waals surface area (Å²) < 4.78 is 0. The molecule has 0 amide bonds. The number of carboxylic acid groups (broad SMARTS) is 1. The SMILES string of the molecule is CCCCCCCCCCC(CC(=O)O)c1cc(C(C)(C)C)c(O)c(C(C)(C)C)c1. The van der Waals surface area contributed by atoms with Crippen molar-refractivity contribution in [2.45, 2.75) is 129 Å². The molecule has 0 radical (unpaired) electrons. The number of aliphatic carboxylic acids is 1. The number of hydrogen-bond acceptors (Lipinski definition) is 2. The van der Waals surface area contributed by atoms with E-state index in [1.165, 1.54) is 44.9 Å². The van der Waals surface area contributed by atoms with Gasteiger partial charge in [0, 0.05) is 0 Å². The molecule has 0 fully saturated rings. The molecule has 3 nitrogen and oxygen atoms in total. The first-order chi connectivity index (χ1) is 13.9. The van der Waals surface area contributed by atoms with Crippen molar-refractivity contribution in [1.29, 1.82) is 0 Å². The number of phenols is 1. The van der Waals surface area contributed by atoms with Gasteiger partial charge in [-0.05, 0) is 39.9 Å². The van der Waals surface area contributed by atoms with Crippen molar-refractivity contribution < 1.29 is 15.0 Å². The lowest BCUT2D eigenvalue weighted by molar-refractivity contribution is -0.137. The highest BCUT2D eigenvalue weighted by molar-refractivity contribution is 5.68. The van der Waals surface area contributed by atoms with E-state index in [0.717, 1.165) is 29.5 Å². The largest absolute Gasteiger partial charge is 0.507 e. The molecule has 0 bridgehead atoms. The molecular weight excluding hydrogens is 372 g/mol. The van der Waals surface area contributed by atoms with Crippen molar-refractivity contribution in [1.82, 2.24) is 0 Å². The molecule has 2 N–H and O–H groups in total. The second-order valence-corrected chi connectivity index (χ2v) is 11.0. The van der Waals surface area contributed by atoms with Gasteiger partial charge in [-0.25, -0.2) is 0 Å². The molecule has 0 aliphatic carbocycles. The number of rotatable bonds is 12. The van der Waals surface area contributed by atoms with Crippen LogP contribution in [0.3, 0.4) is 0 Å². The third-order valence-corrected chi connectivity index (χ3v) is 6.05. The van der Waals surface area contributed by atoms with Crippen molar-refractivity contribution in [3.8, 4) is 5.75 Å². The van der Waals surface area contributed by atoms with E-state index in [4.69, 9.17) is 0 Å². The zero-order valence-electron chi connectivity index (χ0n) is 20.6. The van der Waals surface area contributed by atoms with Crippen molar-refractivity contribution in [2.24, 2.45) is 0 Å². The maximum absolute atomic E-state index is 11.6. The van der Waals surface area contributed by atoms with Gasteiger partial charge in [0.2, 0.25) is 0 Å². The quantitative estimate of drug-likeness (QED) is 0.337. The average molecular weight is 419 g/mol. The van der Waals surface area contributed by atoms with Crippen LogP contribution in [-0.4, -0.2) is 16.2 Å². The van der Waals surface area contributed by atoms with Crippen LogP contribution in [0.1, 0.15) is 135 Å². The smallest absolute Gasteiger partial charge is 0.303 e. The Morgan fingerprint density at radius 1 is 0.833 bits per heavy atom. The van der Waals surface area contributed by atoms with Gasteiger partial charge in [0.1, 0.15) is 5.75 Å². The highest BCUT2D eigenvalue weighted by atomic mass is 16.4. The van der Waals surface area contributed by atoms with Gasteiger partial charge in [-0.1, -0.05) is 112 Å². The van der Waals surface area contributed by atoms with Crippen LogP contribution in [0, 0.1) is 0 Å². The molecule has 0 aromatic heterocycles. The minimum atomic E-state index is -0.748. The molecule has 0 aliphatic heterocycles. The minimum absolute atomic E-state index is 0.00890. The standard InChI is InChI=1S/C27H46O3/c1-8-9-10-11-12-13-14-15-16-20(19-24(28)29)21-17-22(26(2,3)4)25(30)23(18-21)27(5,6)7/h17-18,20,30H,8-16,19H2,1-7H3,(H,28,29). The van der Waals surface area contributed by atoms with Gasteiger partial charge in [-0.15, -0.1) is 0 Å². The van der Waals surface area contributed by atoms with Crippen molar-refractivity contribution in [2.75, 3.05) is 0 Å². The molecule has 1 unspecified atom stereocenters. The molecule has 0 saturated heterocycles. The number of carbonyl (C=O) groups is 1. The topological polar surface area (TPSA) is 57.5 Å². The van der Waals surface area contributed by atoms with E-state index in [9.17, 15) is 15.0 Å². The molecule has 1 aromatic rings. The molecule has 0 heterocycles. The molecule has 172 valence electrons. The molecule has 1 atom stereocenters. The van der Waals surface area contributed by atoms with Gasteiger partial charge in [-0.2, -0.15) is 0 Å². The Balaban J connectivity index is 3.01. The van der Waals surface area contributed by atoms with E-state index in [1.807, 2.05) is 0 Å². The summed E-state index contributed by atoms with van der Waals surface area (Å²) in [6.45, 7) is 14.8. The Labute approximate surface area is 185 Å². The van der Waals surface area contributed by atoms with Crippen LogP contribution < -0.4 is 0 Å². The zero-order valence-corrected chi connectivity index (χ0v) is 20.6. The Hall–Kier alpha value is -1.51. The van der Waals surface area contributed by atoms with Crippen molar-refractivity contribution in [3.63, 3.8) is 0 Å². The molecule has 1 aromatic carbocycles. The lowest BCUT2D eigenvalue weighted by Crippen LogP contribution is -2.19. The fourth-order valence-electron chi connectivity index (χ4n) is 4.16. The zero-order chi connectivity index (χ0) is 22.9. The summed E-state index contributed by atoms with van der Waals surface area (Å²) >= 11 is 0. The van der Waals surface area contributed by atoms with E-state index in [0.29, 0.717) is 5.75 Å². The number of aromatic hydroxyl groups is 1. The molecular formula is C27H46O3. The fourth-order valence-corrected chi connectivity index (χ4v) is 4.16. The highest BCUT2D eigenvalue weighted by Crippen LogP contribution is 2.42. The summed E-state index contributed by atoms with van der Waals surface area (Å²) in [7, 11) is 0. The van der Waals surface area contributed by atoms with Gasteiger partial charge in [0.15, 0.2) is 0 Å². The summed E-state index contributed by atoms with van der Waals surface area (Å²) in [5, 5.41) is 20.5. The summed E-state index contributed by atoms with van der Waals surface area (Å²) in [5.41, 5.74) is 2.49. The summed E-state index contributed by atoms with van der Waals surface area (Å²) in [4.78, 5) is 11.6. The van der Waals surface area contributed by atoms with Crippen LogP contribution in [-0.2, 0) is 15.6 Å². The monoisotopic (exact) mass is 418 g/mol. The van der Waals surface area contributed by atoms with Crippen LogP contribution in [0.5, 0.6) is 5.75 Å². The van der Waals surface area contributed by atoms with Gasteiger partial charge < -0.3 is 10.2 Å². The normalized spacial score (nSPS) is 13.4. The fraction of sp³-hybridized carbons (Fsp3) is 0.741. The maximum atomic E-state index is 11.6. The Morgan fingerprint density at radius 3 is 1.67 bits per heavy atom. The number of phenolic OH excluding ortho intramolecular Hbond substituents is 1. The summed E-state index contributed by atoms with van der Waals surface area (Å²) in [5.74, 6) is -0.396. The van der Waals surface area contributed by atoms with Gasteiger partial charge in [-0.3, -0.25) is 4.79 Å². The molecule has 3 heteroatoms. The van der Waals surface area contributed by atoms with E-state index in [1.54, 1.807) is 0 Å². The summed E-state index contributed by atoms with van der Waals surface area (Å²) in [6, 6.07) is 4.12. The minimum Gasteiger partial charge on any atom is -0.507 e. The Morgan fingerprint density at radius 2 is 1.27 bits per heavy atom. The first-order valence-corrected chi connectivity index (χ1v) is 12.0. The number of hydrogen-bond donors (Lipinski definition) is 2. The van der Waals surface area contributed by atoms with Crippen LogP contribution in [0.2, 0.25) is 0 Å². The first-order valence-electron chi connectivity index (χ1n) is 12.0. The van der Waals surface area contributed by atoms with Gasteiger partial charge >= 0.3 is 5.97 Å². The van der Waals surface area contributed by atoms with E-state index in [-0.39, 0.29) is 23.2 Å². The van der Waals surface area contributed by atoms with Crippen LogP contribution in [0.25, 0.3) is 0 Å².